The van der Waals surface area contributed by atoms with Gasteiger partial charge in [0.15, 0.2) is 0 Å². The quantitative estimate of drug-likeness (QED) is 0.890. The minimum absolute atomic E-state index is 0.257. The molecule has 1 saturated heterocycles. The van der Waals surface area contributed by atoms with Crippen LogP contribution in [0.5, 0.6) is 5.75 Å². The third kappa shape index (κ3) is 3.13. The normalized spacial score (nSPS) is 20.8. The summed E-state index contributed by atoms with van der Waals surface area (Å²) in [6, 6.07) is 6.79. The lowest BCUT2D eigenvalue weighted by Gasteiger charge is -2.32. The lowest BCUT2D eigenvalue weighted by atomic mass is 10.00. The van der Waals surface area contributed by atoms with Crippen molar-refractivity contribution in [3.05, 3.63) is 24.3 Å². The minimum Gasteiger partial charge on any atom is -0.495 e. The Morgan fingerprint density at radius 2 is 2.15 bits per heavy atom. The summed E-state index contributed by atoms with van der Waals surface area (Å²) in [5.74, 6) is 0.779. The molecule has 0 saturated carbocycles. The van der Waals surface area contributed by atoms with E-state index >= 15 is 0 Å². The third-order valence-electron chi connectivity index (χ3n) is 3.66. The van der Waals surface area contributed by atoms with E-state index in [-0.39, 0.29) is 4.90 Å². The third-order valence-corrected chi connectivity index (χ3v) is 5.57. The summed E-state index contributed by atoms with van der Waals surface area (Å²) in [6.45, 7) is 2.00. The first-order valence-electron chi connectivity index (χ1n) is 6.87. The molecule has 1 unspecified atom stereocenters. The Hall–Kier alpha value is -1.11. The molecule has 0 aromatic heterocycles. The fourth-order valence-electron chi connectivity index (χ4n) is 2.67. The van der Waals surface area contributed by atoms with Crippen molar-refractivity contribution in [2.45, 2.75) is 17.7 Å². The van der Waals surface area contributed by atoms with Crippen LogP contribution in [-0.4, -0.2) is 46.5 Å². The van der Waals surface area contributed by atoms with Gasteiger partial charge in [-0.2, -0.15) is 4.31 Å². The molecule has 1 aliphatic rings. The van der Waals surface area contributed by atoms with Crippen molar-refractivity contribution in [3.8, 4) is 5.75 Å². The number of ether oxygens (including phenoxy) is 1. The molecule has 20 heavy (non-hydrogen) atoms. The average molecular weight is 298 g/mol. The van der Waals surface area contributed by atoms with E-state index in [1.54, 1.807) is 28.6 Å². The van der Waals surface area contributed by atoms with Crippen LogP contribution in [-0.2, 0) is 10.0 Å². The molecule has 1 aromatic carbocycles. The second-order valence-corrected chi connectivity index (χ2v) is 6.99. The Kier molecular flexibility index (Phi) is 5.01. The molecule has 5 nitrogen and oxygen atoms in total. The van der Waals surface area contributed by atoms with Crippen molar-refractivity contribution < 1.29 is 13.2 Å². The van der Waals surface area contributed by atoms with E-state index in [1.807, 2.05) is 7.05 Å². The van der Waals surface area contributed by atoms with Crippen LogP contribution < -0.4 is 10.1 Å². The number of hydrogen-bond donors (Lipinski definition) is 1. The molecule has 1 aliphatic heterocycles. The topological polar surface area (TPSA) is 58.6 Å². The van der Waals surface area contributed by atoms with Crippen LogP contribution in [0.15, 0.2) is 29.2 Å². The summed E-state index contributed by atoms with van der Waals surface area (Å²) in [5, 5.41) is 3.13. The van der Waals surface area contributed by atoms with Gasteiger partial charge in [-0.3, -0.25) is 0 Å². The van der Waals surface area contributed by atoms with E-state index in [2.05, 4.69) is 5.32 Å². The van der Waals surface area contributed by atoms with Crippen molar-refractivity contribution >= 4 is 10.0 Å². The number of piperidine rings is 1. The minimum atomic E-state index is -3.48. The molecule has 1 fully saturated rings. The van der Waals surface area contributed by atoms with Crippen LogP contribution in [0, 0.1) is 5.92 Å². The van der Waals surface area contributed by atoms with Crippen LogP contribution in [0.3, 0.4) is 0 Å². The predicted molar refractivity (Wildman–Crippen MR) is 78.4 cm³/mol. The van der Waals surface area contributed by atoms with Crippen LogP contribution in [0.4, 0.5) is 0 Å². The fraction of sp³-hybridized carbons (Fsp3) is 0.571. The number of rotatable bonds is 5. The first kappa shape index (κ1) is 15.3. The van der Waals surface area contributed by atoms with Gasteiger partial charge in [0.1, 0.15) is 10.6 Å². The largest absolute Gasteiger partial charge is 0.495 e. The zero-order valence-corrected chi connectivity index (χ0v) is 12.8. The summed E-state index contributed by atoms with van der Waals surface area (Å²) >= 11 is 0. The number of para-hydroxylation sites is 1. The van der Waals surface area contributed by atoms with E-state index in [1.165, 1.54) is 7.11 Å². The first-order chi connectivity index (χ1) is 9.59. The van der Waals surface area contributed by atoms with Gasteiger partial charge in [-0.1, -0.05) is 12.1 Å². The maximum Gasteiger partial charge on any atom is 0.246 e. The zero-order valence-electron chi connectivity index (χ0n) is 12.0. The highest BCUT2D eigenvalue weighted by Crippen LogP contribution is 2.29. The second-order valence-electron chi connectivity index (χ2n) is 5.08. The molecule has 6 heteroatoms. The Morgan fingerprint density at radius 1 is 1.40 bits per heavy atom. The summed E-state index contributed by atoms with van der Waals surface area (Å²) in [5.41, 5.74) is 0. The van der Waals surface area contributed by atoms with Crippen LogP contribution >= 0.6 is 0 Å². The number of sulfonamides is 1. The number of nitrogens with zero attached hydrogens (tertiary/aromatic N) is 1. The van der Waals surface area contributed by atoms with Gasteiger partial charge in [-0.15, -0.1) is 0 Å². The monoisotopic (exact) mass is 298 g/mol. The molecule has 0 bridgehead atoms. The van der Waals surface area contributed by atoms with Crippen molar-refractivity contribution in [3.63, 3.8) is 0 Å². The fourth-order valence-corrected chi connectivity index (χ4v) is 4.38. The highest BCUT2D eigenvalue weighted by Gasteiger charge is 2.31. The van der Waals surface area contributed by atoms with Crippen LogP contribution in [0.1, 0.15) is 12.8 Å². The molecule has 2 rings (SSSR count). The zero-order chi connectivity index (χ0) is 14.6. The van der Waals surface area contributed by atoms with E-state index in [9.17, 15) is 8.42 Å². The summed E-state index contributed by atoms with van der Waals surface area (Å²) in [6.07, 6.45) is 1.97. The van der Waals surface area contributed by atoms with Crippen LogP contribution in [0.25, 0.3) is 0 Å². The van der Waals surface area contributed by atoms with Gasteiger partial charge in [-0.05, 0) is 44.5 Å². The molecule has 1 aromatic rings. The standard InChI is InChI=1S/C14H22N2O3S/c1-15-10-12-6-5-9-16(11-12)20(17,18)14-8-4-3-7-13(14)19-2/h3-4,7-8,12,15H,5-6,9-11H2,1-2H3. The maximum absolute atomic E-state index is 12.7. The molecule has 0 spiro atoms. The van der Waals surface area contributed by atoms with E-state index in [0.29, 0.717) is 24.8 Å². The molecule has 0 amide bonds. The molecule has 0 radical (unpaired) electrons. The van der Waals surface area contributed by atoms with Gasteiger partial charge in [0, 0.05) is 13.1 Å². The van der Waals surface area contributed by atoms with Gasteiger partial charge in [0.05, 0.1) is 7.11 Å². The molecular formula is C14H22N2O3S. The maximum atomic E-state index is 12.7. The molecule has 1 heterocycles. The average Bonchev–Trinajstić information content (AvgIpc) is 2.48. The molecule has 1 N–H and O–H groups in total. The molecule has 1 atom stereocenters. The van der Waals surface area contributed by atoms with E-state index in [0.717, 1.165) is 19.4 Å². The summed E-state index contributed by atoms with van der Waals surface area (Å²) in [7, 11) is -0.0846. The molecular weight excluding hydrogens is 276 g/mol. The summed E-state index contributed by atoms with van der Waals surface area (Å²) in [4.78, 5) is 0.257. The Bertz CT molecular complexity index is 543. The van der Waals surface area contributed by atoms with Gasteiger partial charge in [0.2, 0.25) is 10.0 Å². The van der Waals surface area contributed by atoms with Crippen molar-refractivity contribution in [2.24, 2.45) is 5.92 Å². The Morgan fingerprint density at radius 3 is 2.85 bits per heavy atom. The highest BCUT2D eigenvalue weighted by atomic mass is 32.2. The van der Waals surface area contributed by atoms with Gasteiger partial charge in [0.25, 0.3) is 0 Å². The Labute approximate surface area is 121 Å². The smallest absolute Gasteiger partial charge is 0.246 e. The van der Waals surface area contributed by atoms with Gasteiger partial charge in [-0.25, -0.2) is 8.42 Å². The first-order valence-corrected chi connectivity index (χ1v) is 8.31. The SMILES string of the molecule is CNCC1CCCN(S(=O)(=O)c2ccccc2OC)C1. The van der Waals surface area contributed by atoms with Crippen LogP contribution in [0.2, 0.25) is 0 Å². The van der Waals surface area contributed by atoms with Gasteiger partial charge < -0.3 is 10.1 Å². The summed E-state index contributed by atoms with van der Waals surface area (Å²) < 4.78 is 32.2. The van der Waals surface area contributed by atoms with E-state index in [4.69, 9.17) is 4.74 Å². The number of methoxy groups -OCH3 is 1. The van der Waals surface area contributed by atoms with Crippen molar-refractivity contribution in [1.82, 2.24) is 9.62 Å². The van der Waals surface area contributed by atoms with Gasteiger partial charge >= 0.3 is 0 Å². The number of benzene rings is 1. The predicted octanol–water partition coefficient (Wildman–Crippen LogP) is 1.32. The highest BCUT2D eigenvalue weighted by molar-refractivity contribution is 7.89. The number of nitrogens with one attached hydrogen (secondary N) is 1. The lowest BCUT2D eigenvalue weighted by molar-refractivity contribution is 0.262. The lowest BCUT2D eigenvalue weighted by Crippen LogP contribution is -2.42. The van der Waals surface area contributed by atoms with E-state index < -0.39 is 10.0 Å². The molecule has 0 aliphatic carbocycles. The Balaban J connectivity index is 2.25. The van der Waals surface area contributed by atoms with Crippen molar-refractivity contribution in [1.29, 1.82) is 0 Å². The second kappa shape index (κ2) is 6.56. The number of hydrogen-bond acceptors (Lipinski definition) is 4. The molecule has 112 valence electrons. The van der Waals surface area contributed by atoms with Crippen molar-refractivity contribution in [2.75, 3.05) is 33.8 Å².